The predicted molar refractivity (Wildman–Crippen MR) is 93.6 cm³/mol. The minimum atomic E-state index is 0. The first-order valence-corrected chi connectivity index (χ1v) is 8.44. The van der Waals surface area contributed by atoms with Crippen molar-refractivity contribution in [3.05, 3.63) is 40.4 Å². The van der Waals surface area contributed by atoms with Crippen molar-refractivity contribution < 1.29 is 9.53 Å². The number of halogens is 2. The van der Waals surface area contributed by atoms with Crippen LogP contribution in [0.15, 0.2) is 30.4 Å². The zero-order chi connectivity index (χ0) is 15.5. The van der Waals surface area contributed by atoms with E-state index in [4.69, 9.17) is 27.9 Å². The number of carbonyl (C=O) groups excluding carboxylic acids is 1. The Morgan fingerprint density at radius 3 is 2.35 bits per heavy atom. The molecule has 1 aromatic carbocycles. The second-order valence-corrected chi connectivity index (χ2v) is 6.67. The number of allylic oxidation sites excluding steroid dienone is 2. The number of ether oxygens (including phenoxy) is 1. The van der Waals surface area contributed by atoms with Crippen molar-refractivity contribution in [3.8, 4) is 5.75 Å². The molecule has 0 spiro atoms. The molecule has 0 saturated carbocycles. The second kappa shape index (κ2) is 8.04. The molecule has 0 unspecified atom stereocenters. The van der Waals surface area contributed by atoms with Crippen LogP contribution >= 0.6 is 23.2 Å². The average Bonchev–Trinajstić information content (AvgIpc) is 3.05. The number of hydrogen-bond acceptors (Lipinski definition) is 3. The third kappa shape index (κ3) is 4.40. The zero-order valence-corrected chi connectivity index (χ0v) is 14.5. The Morgan fingerprint density at radius 1 is 1.09 bits per heavy atom. The van der Waals surface area contributed by atoms with E-state index in [1.807, 2.05) is 11.0 Å². The van der Waals surface area contributed by atoms with Crippen molar-refractivity contribution in [2.45, 2.75) is 31.8 Å². The highest BCUT2D eigenvalue weighted by Gasteiger charge is 2.29. The lowest BCUT2D eigenvalue weighted by molar-refractivity contribution is -0.137. The van der Waals surface area contributed by atoms with Crippen molar-refractivity contribution in [3.63, 3.8) is 0 Å². The molecule has 1 heterocycles. The van der Waals surface area contributed by atoms with Crippen LogP contribution < -0.4 is 10.9 Å². The van der Waals surface area contributed by atoms with E-state index in [-0.39, 0.29) is 24.1 Å². The Kier molecular flexibility index (Phi) is 6.33. The largest absolute Gasteiger partial charge is 0.490 e. The van der Waals surface area contributed by atoms with Gasteiger partial charge >= 0.3 is 0 Å². The number of amides is 1. The van der Waals surface area contributed by atoms with E-state index in [2.05, 4.69) is 12.2 Å². The third-order valence-corrected chi connectivity index (χ3v) is 5.04. The fraction of sp³-hybridized carbons (Fsp3) is 0.471. The molecule has 1 aromatic rings. The fourth-order valence-electron chi connectivity index (χ4n) is 3.01. The molecule has 126 valence electrons. The molecule has 3 rings (SSSR count). The van der Waals surface area contributed by atoms with Gasteiger partial charge in [0.05, 0.1) is 10.0 Å². The van der Waals surface area contributed by atoms with E-state index in [9.17, 15) is 4.79 Å². The summed E-state index contributed by atoms with van der Waals surface area (Å²) in [6, 6.07) is 5.31. The van der Waals surface area contributed by atoms with E-state index < -0.39 is 0 Å². The number of hydrogen-bond donors (Lipinski definition) is 1. The van der Waals surface area contributed by atoms with Gasteiger partial charge in [0.15, 0.2) is 0 Å². The second-order valence-electron chi connectivity index (χ2n) is 5.86. The molecule has 1 aliphatic carbocycles. The number of nitrogens with zero attached hydrogens (tertiary/aromatic N) is 1. The quantitative estimate of drug-likeness (QED) is 0.811. The smallest absolute Gasteiger partial charge is 0.226 e. The summed E-state index contributed by atoms with van der Waals surface area (Å²) < 4.78 is 5.95. The number of piperidine rings is 1. The number of benzene rings is 1. The van der Waals surface area contributed by atoms with Crippen LogP contribution in [0.4, 0.5) is 0 Å². The molecule has 0 radical (unpaired) electrons. The van der Waals surface area contributed by atoms with Crippen LogP contribution in [0.25, 0.3) is 0 Å². The topological polar surface area (TPSA) is 64.5 Å². The van der Waals surface area contributed by atoms with Gasteiger partial charge < -0.3 is 15.8 Å². The first kappa shape index (κ1) is 18.1. The molecule has 6 heteroatoms. The van der Waals surface area contributed by atoms with Crippen LogP contribution in [0.2, 0.25) is 10.0 Å². The molecule has 4 nitrogen and oxygen atoms in total. The van der Waals surface area contributed by atoms with Crippen LogP contribution in [0, 0.1) is 5.92 Å². The predicted octanol–water partition coefficient (Wildman–Crippen LogP) is 4.49. The molecule has 1 fully saturated rings. The van der Waals surface area contributed by atoms with Gasteiger partial charge in [-0.2, -0.15) is 0 Å². The lowest BCUT2D eigenvalue weighted by Gasteiger charge is -2.33. The molecule has 3 N–H and O–H groups in total. The molecule has 0 bridgehead atoms. The SMILES string of the molecule is N.O=C(C1CC=CC1)N1CCC(Oc2ccc(Cl)c(Cl)c2)CC1. The van der Waals surface area contributed by atoms with Gasteiger partial charge in [-0.3, -0.25) is 4.79 Å². The van der Waals surface area contributed by atoms with Gasteiger partial charge in [-0.1, -0.05) is 35.4 Å². The first-order valence-electron chi connectivity index (χ1n) is 7.69. The summed E-state index contributed by atoms with van der Waals surface area (Å²) in [5.41, 5.74) is 0. The van der Waals surface area contributed by atoms with Crippen molar-refractivity contribution >= 4 is 29.1 Å². The van der Waals surface area contributed by atoms with Gasteiger partial charge in [-0.15, -0.1) is 0 Å². The van der Waals surface area contributed by atoms with Gasteiger partial charge in [0.25, 0.3) is 0 Å². The Labute approximate surface area is 147 Å². The van der Waals surface area contributed by atoms with E-state index in [1.165, 1.54) is 0 Å². The first-order chi connectivity index (χ1) is 10.6. The highest BCUT2D eigenvalue weighted by atomic mass is 35.5. The van der Waals surface area contributed by atoms with E-state index >= 15 is 0 Å². The molecule has 1 amide bonds. The highest BCUT2D eigenvalue weighted by Crippen LogP contribution is 2.29. The Hall–Kier alpha value is -1.23. The van der Waals surface area contributed by atoms with Crippen molar-refractivity contribution in [1.82, 2.24) is 11.1 Å². The summed E-state index contributed by atoms with van der Waals surface area (Å²) in [6.45, 7) is 1.53. The van der Waals surface area contributed by atoms with Crippen LogP contribution in [-0.2, 0) is 4.79 Å². The molecule has 23 heavy (non-hydrogen) atoms. The summed E-state index contributed by atoms with van der Waals surface area (Å²) in [6.07, 6.45) is 7.81. The average molecular weight is 357 g/mol. The van der Waals surface area contributed by atoms with Crippen LogP contribution in [0.5, 0.6) is 5.75 Å². The maximum atomic E-state index is 12.4. The van der Waals surface area contributed by atoms with E-state index in [0.29, 0.717) is 10.0 Å². The van der Waals surface area contributed by atoms with Crippen LogP contribution in [-0.4, -0.2) is 30.0 Å². The standard InChI is InChI=1S/C17H19Cl2NO2.H3N/c18-15-6-5-14(11-16(15)19)22-13-7-9-20(10-8-13)17(21)12-3-1-2-4-12;/h1-2,5-6,11-13H,3-4,7-10H2;1H3. The molecular weight excluding hydrogens is 335 g/mol. The number of carbonyl (C=O) groups is 1. The minimum Gasteiger partial charge on any atom is -0.490 e. The van der Waals surface area contributed by atoms with Gasteiger partial charge in [-0.05, 0) is 25.0 Å². The highest BCUT2D eigenvalue weighted by molar-refractivity contribution is 6.42. The zero-order valence-electron chi connectivity index (χ0n) is 13.0. The Balaban J connectivity index is 0.00000192. The van der Waals surface area contributed by atoms with Crippen LogP contribution in [0.1, 0.15) is 25.7 Å². The number of rotatable bonds is 3. The molecule has 1 aliphatic heterocycles. The van der Waals surface area contributed by atoms with Crippen LogP contribution in [0.3, 0.4) is 0 Å². The third-order valence-electron chi connectivity index (χ3n) is 4.30. The van der Waals surface area contributed by atoms with E-state index in [0.717, 1.165) is 44.5 Å². The summed E-state index contributed by atoms with van der Waals surface area (Å²) in [4.78, 5) is 14.3. The Morgan fingerprint density at radius 2 is 1.74 bits per heavy atom. The van der Waals surface area contributed by atoms with Crippen molar-refractivity contribution in [1.29, 1.82) is 0 Å². The summed E-state index contributed by atoms with van der Waals surface area (Å²) in [5, 5.41) is 1.03. The summed E-state index contributed by atoms with van der Waals surface area (Å²) in [5.74, 6) is 1.18. The Bertz CT molecular complexity index is 576. The summed E-state index contributed by atoms with van der Waals surface area (Å²) in [7, 11) is 0. The van der Waals surface area contributed by atoms with E-state index in [1.54, 1.807) is 12.1 Å². The molecule has 2 aliphatic rings. The van der Waals surface area contributed by atoms with Gasteiger partial charge in [0, 0.05) is 37.9 Å². The van der Waals surface area contributed by atoms with Gasteiger partial charge in [-0.25, -0.2) is 0 Å². The molecule has 0 atom stereocenters. The molecule has 0 aromatic heterocycles. The minimum absolute atomic E-state index is 0. The summed E-state index contributed by atoms with van der Waals surface area (Å²) >= 11 is 11.9. The van der Waals surface area contributed by atoms with Crippen molar-refractivity contribution in [2.75, 3.05) is 13.1 Å². The maximum absolute atomic E-state index is 12.4. The van der Waals surface area contributed by atoms with Gasteiger partial charge in [0.1, 0.15) is 11.9 Å². The normalized spacial score (nSPS) is 18.8. The molecular formula is C17H22Cl2N2O2. The molecule has 1 saturated heterocycles. The monoisotopic (exact) mass is 356 g/mol. The number of likely N-dealkylation sites (tertiary alicyclic amines) is 1. The fourth-order valence-corrected chi connectivity index (χ4v) is 3.30. The lowest BCUT2D eigenvalue weighted by atomic mass is 10.0. The maximum Gasteiger partial charge on any atom is 0.226 e. The lowest BCUT2D eigenvalue weighted by Crippen LogP contribution is -2.44. The van der Waals surface area contributed by atoms with Gasteiger partial charge in [0.2, 0.25) is 5.91 Å². The van der Waals surface area contributed by atoms with Crippen molar-refractivity contribution in [2.24, 2.45) is 5.92 Å².